The molecule has 96 valence electrons. The Kier molecular flexibility index (Phi) is 3.72. The summed E-state index contributed by atoms with van der Waals surface area (Å²) in [7, 11) is 0. The number of pyridine rings is 1. The lowest BCUT2D eigenvalue weighted by molar-refractivity contribution is 0.365. The molecule has 5 heteroatoms. The number of rotatable bonds is 5. The lowest BCUT2D eigenvalue weighted by Crippen LogP contribution is -2.26. The van der Waals surface area contributed by atoms with Crippen molar-refractivity contribution in [2.75, 3.05) is 18.4 Å². The summed E-state index contributed by atoms with van der Waals surface area (Å²) in [5, 5.41) is 3.33. The summed E-state index contributed by atoms with van der Waals surface area (Å²) in [6, 6.07) is 3.85. The largest absolute Gasteiger partial charge is 0.369 e. The molecule has 2 aromatic rings. The summed E-state index contributed by atoms with van der Waals surface area (Å²) in [6.07, 6.45) is 4.30. The van der Waals surface area contributed by atoms with Crippen molar-refractivity contribution >= 4 is 17.0 Å². The van der Waals surface area contributed by atoms with Crippen LogP contribution in [0.3, 0.4) is 0 Å². The summed E-state index contributed by atoms with van der Waals surface area (Å²) in [6.45, 7) is 5.91. The molecule has 0 saturated heterocycles. The fourth-order valence-electron chi connectivity index (χ4n) is 1.76. The van der Waals surface area contributed by atoms with Crippen LogP contribution in [0.25, 0.3) is 11.2 Å². The van der Waals surface area contributed by atoms with Gasteiger partial charge in [-0.15, -0.1) is 0 Å². The predicted octanol–water partition coefficient (Wildman–Crippen LogP) is 1.81. The number of aromatic nitrogens is 3. The summed E-state index contributed by atoms with van der Waals surface area (Å²) >= 11 is 0. The number of fused-ring (bicyclic) bond motifs is 1. The molecule has 0 aromatic carbocycles. The summed E-state index contributed by atoms with van der Waals surface area (Å²) < 4.78 is 0. The van der Waals surface area contributed by atoms with E-state index in [1.807, 2.05) is 12.1 Å². The molecule has 0 unspecified atom stereocenters. The molecule has 0 amide bonds. The van der Waals surface area contributed by atoms with E-state index in [-0.39, 0.29) is 5.41 Å². The van der Waals surface area contributed by atoms with Gasteiger partial charge in [0, 0.05) is 18.9 Å². The van der Waals surface area contributed by atoms with E-state index in [1.54, 1.807) is 12.4 Å². The summed E-state index contributed by atoms with van der Waals surface area (Å²) in [5.41, 5.74) is 7.23. The molecule has 0 atom stereocenters. The Balaban J connectivity index is 2.08. The Hall–Kier alpha value is -1.75. The van der Waals surface area contributed by atoms with Crippen LogP contribution in [-0.4, -0.2) is 28.0 Å². The van der Waals surface area contributed by atoms with Crippen molar-refractivity contribution in [3.05, 3.63) is 24.5 Å². The standard InChI is InChI=1S/C13H19N5/c1-13(2,5-6-14)9-17-11-4-3-10-12(18-11)16-8-7-15-10/h3-4,7-8H,5-6,9,14H2,1-2H3,(H,16,17,18). The molecule has 0 radical (unpaired) electrons. The quantitative estimate of drug-likeness (QED) is 0.840. The van der Waals surface area contributed by atoms with Gasteiger partial charge in [-0.1, -0.05) is 13.8 Å². The van der Waals surface area contributed by atoms with Crippen molar-refractivity contribution in [2.45, 2.75) is 20.3 Å². The van der Waals surface area contributed by atoms with Crippen molar-refractivity contribution in [3.63, 3.8) is 0 Å². The van der Waals surface area contributed by atoms with Crippen LogP contribution < -0.4 is 11.1 Å². The number of hydrogen-bond acceptors (Lipinski definition) is 5. The number of nitrogens with one attached hydrogen (secondary N) is 1. The van der Waals surface area contributed by atoms with E-state index in [9.17, 15) is 0 Å². The Bertz CT molecular complexity index is 524. The second kappa shape index (κ2) is 5.27. The predicted molar refractivity (Wildman–Crippen MR) is 73.3 cm³/mol. The SMILES string of the molecule is CC(C)(CCN)CNc1ccc2nccnc2n1. The first-order valence-electron chi connectivity index (χ1n) is 6.12. The van der Waals surface area contributed by atoms with Gasteiger partial charge >= 0.3 is 0 Å². The maximum atomic E-state index is 5.60. The molecule has 2 rings (SSSR count). The van der Waals surface area contributed by atoms with Crippen molar-refractivity contribution < 1.29 is 0 Å². The zero-order valence-corrected chi connectivity index (χ0v) is 10.8. The zero-order chi connectivity index (χ0) is 13.0. The molecule has 0 bridgehead atoms. The van der Waals surface area contributed by atoms with Crippen LogP contribution in [0, 0.1) is 5.41 Å². The van der Waals surface area contributed by atoms with Crippen molar-refractivity contribution in [3.8, 4) is 0 Å². The van der Waals surface area contributed by atoms with E-state index in [0.29, 0.717) is 12.2 Å². The highest BCUT2D eigenvalue weighted by Crippen LogP contribution is 2.20. The van der Waals surface area contributed by atoms with Gasteiger partial charge < -0.3 is 11.1 Å². The Morgan fingerprint density at radius 1 is 1.22 bits per heavy atom. The highest BCUT2D eigenvalue weighted by molar-refractivity contribution is 5.71. The molecule has 2 aromatic heterocycles. The molecule has 2 heterocycles. The van der Waals surface area contributed by atoms with Gasteiger partial charge in [0.25, 0.3) is 0 Å². The fraction of sp³-hybridized carbons (Fsp3) is 0.462. The minimum Gasteiger partial charge on any atom is -0.369 e. The molecule has 0 spiro atoms. The number of anilines is 1. The number of nitrogens with two attached hydrogens (primary N) is 1. The molecule has 0 fully saturated rings. The molecular formula is C13H19N5. The summed E-state index contributed by atoms with van der Waals surface area (Å²) in [4.78, 5) is 12.8. The lowest BCUT2D eigenvalue weighted by Gasteiger charge is -2.24. The van der Waals surface area contributed by atoms with Crippen LogP contribution in [0.2, 0.25) is 0 Å². The highest BCUT2D eigenvalue weighted by Gasteiger charge is 2.16. The number of nitrogens with zero attached hydrogens (tertiary/aromatic N) is 3. The van der Waals surface area contributed by atoms with Crippen molar-refractivity contribution in [2.24, 2.45) is 11.1 Å². The van der Waals surface area contributed by atoms with E-state index in [1.165, 1.54) is 0 Å². The van der Waals surface area contributed by atoms with Gasteiger partial charge in [-0.05, 0) is 30.5 Å². The molecule has 5 nitrogen and oxygen atoms in total. The van der Waals surface area contributed by atoms with Crippen molar-refractivity contribution in [1.82, 2.24) is 15.0 Å². The third-order valence-electron chi connectivity index (χ3n) is 2.90. The lowest BCUT2D eigenvalue weighted by atomic mass is 9.89. The van der Waals surface area contributed by atoms with Gasteiger partial charge in [0.05, 0.1) is 0 Å². The average molecular weight is 245 g/mol. The van der Waals surface area contributed by atoms with Gasteiger partial charge in [-0.25, -0.2) is 9.97 Å². The van der Waals surface area contributed by atoms with Gasteiger partial charge in [0.1, 0.15) is 11.3 Å². The van der Waals surface area contributed by atoms with E-state index in [4.69, 9.17) is 5.73 Å². The summed E-state index contributed by atoms with van der Waals surface area (Å²) in [5.74, 6) is 0.827. The Morgan fingerprint density at radius 2 is 2.00 bits per heavy atom. The molecule has 18 heavy (non-hydrogen) atoms. The van der Waals surface area contributed by atoms with Gasteiger partial charge in [-0.2, -0.15) is 0 Å². The first-order valence-corrected chi connectivity index (χ1v) is 6.12. The number of hydrogen-bond donors (Lipinski definition) is 2. The van der Waals surface area contributed by atoms with E-state index < -0.39 is 0 Å². The van der Waals surface area contributed by atoms with Gasteiger partial charge in [0.15, 0.2) is 5.65 Å². The van der Waals surface area contributed by atoms with Crippen LogP contribution in [0.1, 0.15) is 20.3 Å². The molecule has 3 N–H and O–H groups in total. The topological polar surface area (TPSA) is 76.7 Å². The van der Waals surface area contributed by atoms with Crippen LogP contribution in [0.5, 0.6) is 0 Å². The minimum atomic E-state index is 0.160. The normalized spacial score (nSPS) is 11.7. The smallest absolute Gasteiger partial charge is 0.180 e. The average Bonchev–Trinajstić information content (AvgIpc) is 2.36. The third kappa shape index (κ3) is 3.13. The third-order valence-corrected chi connectivity index (χ3v) is 2.90. The second-order valence-electron chi connectivity index (χ2n) is 5.15. The second-order valence-corrected chi connectivity index (χ2v) is 5.15. The van der Waals surface area contributed by atoms with Gasteiger partial charge in [0.2, 0.25) is 0 Å². The Morgan fingerprint density at radius 3 is 2.78 bits per heavy atom. The van der Waals surface area contributed by atoms with Crippen LogP contribution in [0.4, 0.5) is 5.82 Å². The monoisotopic (exact) mass is 245 g/mol. The van der Waals surface area contributed by atoms with Crippen LogP contribution in [-0.2, 0) is 0 Å². The first kappa shape index (κ1) is 12.7. The molecule has 0 saturated carbocycles. The maximum Gasteiger partial charge on any atom is 0.180 e. The van der Waals surface area contributed by atoms with Crippen LogP contribution >= 0.6 is 0 Å². The maximum absolute atomic E-state index is 5.60. The first-order chi connectivity index (χ1) is 8.61. The van der Waals surface area contributed by atoms with Gasteiger partial charge in [-0.3, -0.25) is 4.98 Å². The van der Waals surface area contributed by atoms with E-state index >= 15 is 0 Å². The molecule has 0 aliphatic carbocycles. The van der Waals surface area contributed by atoms with E-state index in [0.717, 1.165) is 24.3 Å². The zero-order valence-electron chi connectivity index (χ0n) is 10.8. The van der Waals surface area contributed by atoms with Crippen LogP contribution in [0.15, 0.2) is 24.5 Å². The minimum absolute atomic E-state index is 0.160. The Labute approximate surface area is 107 Å². The highest BCUT2D eigenvalue weighted by atomic mass is 15.0. The molecule has 0 aliphatic rings. The fourth-order valence-corrected chi connectivity index (χ4v) is 1.76. The molecular weight excluding hydrogens is 226 g/mol. The molecule has 0 aliphatic heterocycles. The van der Waals surface area contributed by atoms with E-state index in [2.05, 4.69) is 34.1 Å². The van der Waals surface area contributed by atoms with Crippen molar-refractivity contribution in [1.29, 1.82) is 0 Å².